The molecule has 0 bridgehead atoms. The first-order chi connectivity index (χ1) is 13.3. The van der Waals surface area contributed by atoms with Crippen LogP contribution in [0.25, 0.3) is 11.1 Å². The van der Waals surface area contributed by atoms with Gasteiger partial charge in [-0.25, -0.2) is 21.9 Å². The topological polar surface area (TPSA) is 94.1 Å². The summed E-state index contributed by atoms with van der Waals surface area (Å²) in [5.41, 5.74) is 1.54. The van der Waals surface area contributed by atoms with E-state index < -0.39 is 21.7 Å². The van der Waals surface area contributed by atoms with Crippen molar-refractivity contribution in [3.8, 4) is 11.1 Å². The van der Waals surface area contributed by atoms with Gasteiger partial charge in [-0.15, -0.1) is 0 Å². The molecule has 0 atom stereocenters. The summed E-state index contributed by atoms with van der Waals surface area (Å²) in [6.45, 7) is 0.118. The third-order valence-electron chi connectivity index (χ3n) is 3.99. The fourth-order valence-electron chi connectivity index (χ4n) is 2.49. The van der Waals surface area contributed by atoms with Crippen LogP contribution < -0.4 is 15.4 Å². The Morgan fingerprint density at radius 2 is 1.93 bits per heavy atom. The van der Waals surface area contributed by atoms with Crippen molar-refractivity contribution in [1.82, 2.24) is 10.0 Å². The van der Waals surface area contributed by atoms with E-state index in [0.717, 1.165) is 6.07 Å². The minimum atomic E-state index is -3.38. The van der Waals surface area contributed by atoms with Crippen molar-refractivity contribution in [3.05, 3.63) is 65.9 Å². The molecule has 0 saturated carbocycles. The van der Waals surface area contributed by atoms with Crippen molar-refractivity contribution in [1.29, 1.82) is 5.41 Å². The van der Waals surface area contributed by atoms with Gasteiger partial charge in [0.25, 0.3) is 0 Å². The van der Waals surface area contributed by atoms with E-state index in [1.807, 2.05) is 0 Å². The van der Waals surface area contributed by atoms with Gasteiger partial charge in [0.2, 0.25) is 10.0 Å². The highest BCUT2D eigenvalue weighted by molar-refractivity contribution is 7.89. The lowest BCUT2D eigenvalue weighted by atomic mass is 9.98. The van der Waals surface area contributed by atoms with Crippen LogP contribution in [0.2, 0.25) is 0 Å². The first kappa shape index (κ1) is 21.5. The molecule has 6 nitrogen and oxygen atoms in total. The molecule has 0 saturated heterocycles. The van der Waals surface area contributed by atoms with Crippen LogP contribution in [0.1, 0.15) is 5.56 Å². The number of nitrogens with one attached hydrogen (secondary N) is 4. The third-order valence-corrected chi connectivity index (χ3v) is 5.35. The Balaban J connectivity index is 2.41. The molecule has 0 spiro atoms. The Hall–Kier alpha value is -2.78. The van der Waals surface area contributed by atoms with Crippen LogP contribution in [0.3, 0.4) is 0 Å². The molecule has 9 heteroatoms. The molecule has 28 heavy (non-hydrogen) atoms. The zero-order valence-electron chi connectivity index (χ0n) is 15.5. The van der Waals surface area contributed by atoms with E-state index >= 15 is 0 Å². The Morgan fingerprint density at radius 1 is 1.18 bits per heavy atom. The van der Waals surface area contributed by atoms with Crippen LogP contribution in [0.5, 0.6) is 0 Å². The van der Waals surface area contributed by atoms with Gasteiger partial charge >= 0.3 is 0 Å². The molecule has 2 aromatic carbocycles. The third kappa shape index (κ3) is 5.37. The molecule has 0 heterocycles. The molecule has 4 N–H and O–H groups in total. The summed E-state index contributed by atoms with van der Waals surface area (Å²) in [7, 11) is -0.361. The summed E-state index contributed by atoms with van der Waals surface area (Å²) in [4.78, 5) is 0. The second kappa shape index (κ2) is 9.43. The maximum Gasteiger partial charge on any atom is 0.213 e. The highest BCUT2D eigenvalue weighted by Gasteiger charge is 2.14. The number of benzene rings is 2. The standard InChI is InChI=1S/C19H22F2N4O2S/c1-23-9-8-17(22)15-12-13(14-4-3-5-16(20)19(14)21)6-7-18(15)25-10-11-28(26,27)24-2/h3-9,12,22-25H,10-11H2,1-2H3/b9-8-,22-17?. The van der Waals surface area contributed by atoms with Gasteiger partial charge in [-0.3, -0.25) is 0 Å². The zero-order valence-corrected chi connectivity index (χ0v) is 16.3. The van der Waals surface area contributed by atoms with Gasteiger partial charge < -0.3 is 16.0 Å². The lowest BCUT2D eigenvalue weighted by Crippen LogP contribution is -2.26. The van der Waals surface area contributed by atoms with Gasteiger partial charge in [0.15, 0.2) is 11.6 Å². The summed E-state index contributed by atoms with van der Waals surface area (Å²) in [6, 6.07) is 8.67. The molecule has 0 aliphatic carbocycles. The number of hydrogen-bond donors (Lipinski definition) is 4. The van der Waals surface area contributed by atoms with Crippen LogP contribution in [0.15, 0.2) is 48.7 Å². The average Bonchev–Trinajstić information content (AvgIpc) is 2.68. The van der Waals surface area contributed by atoms with Crippen molar-refractivity contribution in [2.45, 2.75) is 0 Å². The molecule has 0 radical (unpaired) electrons. The van der Waals surface area contributed by atoms with Gasteiger partial charge in [0.05, 0.1) is 11.5 Å². The second-order valence-corrected chi connectivity index (χ2v) is 7.89. The maximum absolute atomic E-state index is 14.2. The van der Waals surface area contributed by atoms with Crippen molar-refractivity contribution in [2.24, 2.45) is 0 Å². The van der Waals surface area contributed by atoms with Gasteiger partial charge in [-0.05, 0) is 43.1 Å². The number of allylic oxidation sites excluding steroid dienone is 1. The Morgan fingerprint density at radius 3 is 2.61 bits per heavy atom. The monoisotopic (exact) mass is 408 g/mol. The molecule has 2 aromatic rings. The highest BCUT2D eigenvalue weighted by atomic mass is 32.2. The average molecular weight is 408 g/mol. The largest absolute Gasteiger partial charge is 0.394 e. The van der Waals surface area contributed by atoms with Crippen LogP contribution >= 0.6 is 0 Å². The van der Waals surface area contributed by atoms with E-state index in [1.54, 1.807) is 31.4 Å². The lowest BCUT2D eigenvalue weighted by molar-refractivity contribution is 0.511. The van der Waals surface area contributed by atoms with Crippen LogP contribution in [-0.2, 0) is 10.0 Å². The molecular weight excluding hydrogens is 386 g/mol. The predicted octanol–water partition coefficient (Wildman–Crippen LogP) is 2.69. The molecule has 0 amide bonds. The van der Waals surface area contributed by atoms with E-state index in [-0.39, 0.29) is 23.6 Å². The quantitative estimate of drug-likeness (QED) is 0.480. The minimum absolute atomic E-state index is 0.0796. The van der Waals surface area contributed by atoms with Crippen molar-refractivity contribution in [3.63, 3.8) is 0 Å². The smallest absolute Gasteiger partial charge is 0.213 e. The van der Waals surface area contributed by atoms with Crippen molar-refractivity contribution < 1.29 is 17.2 Å². The first-order valence-electron chi connectivity index (χ1n) is 8.45. The molecule has 0 unspecified atom stereocenters. The number of sulfonamides is 1. The number of anilines is 1. The van der Waals surface area contributed by atoms with E-state index in [2.05, 4.69) is 15.4 Å². The first-order valence-corrected chi connectivity index (χ1v) is 10.1. The fourth-order valence-corrected chi connectivity index (χ4v) is 3.07. The number of rotatable bonds is 9. The van der Waals surface area contributed by atoms with Crippen LogP contribution in [0, 0.1) is 17.0 Å². The Labute approximate surface area is 163 Å². The summed E-state index contributed by atoms with van der Waals surface area (Å²) >= 11 is 0. The Bertz CT molecular complexity index is 991. The summed E-state index contributed by atoms with van der Waals surface area (Å²) in [5.74, 6) is -2.07. The minimum Gasteiger partial charge on any atom is -0.394 e. The SMILES string of the molecule is CN/C=C\C(=N)c1cc(-c2cccc(F)c2F)ccc1NCCS(=O)(=O)NC. The summed E-state index contributed by atoms with van der Waals surface area (Å²) in [6.07, 6.45) is 3.07. The zero-order chi connectivity index (χ0) is 20.7. The molecule has 150 valence electrons. The Kier molecular flexibility index (Phi) is 7.24. The predicted molar refractivity (Wildman–Crippen MR) is 108 cm³/mol. The molecule has 0 fully saturated rings. The van der Waals surface area contributed by atoms with Crippen LogP contribution in [-0.4, -0.2) is 40.5 Å². The van der Waals surface area contributed by atoms with E-state index in [0.29, 0.717) is 16.8 Å². The normalized spacial score (nSPS) is 11.6. The lowest BCUT2D eigenvalue weighted by Gasteiger charge is -2.14. The molecule has 2 rings (SSSR count). The highest BCUT2D eigenvalue weighted by Crippen LogP contribution is 2.29. The summed E-state index contributed by atoms with van der Waals surface area (Å²) < 4.78 is 53.1. The molecule has 0 aromatic heterocycles. The van der Waals surface area contributed by atoms with Crippen molar-refractivity contribution >= 4 is 21.4 Å². The number of hydrogen-bond acceptors (Lipinski definition) is 5. The molecule has 0 aliphatic rings. The maximum atomic E-state index is 14.2. The van der Waals surface area contributed by atoms with Gasteiger partial charge in [-0.2, -0.15) is 0 Å². The molecule has 0 aliphatic heterocycles. The van der Waals surface area contributed by atoms with Crippen LogP contribution in [0.4, 0.5) is 14.5 Å². The van der Waals surface area contributed by atoms with Gasteiger partial charge in [-0.1, -0.05) is 18.2 Å². The summed E-state index contributed by atoms with van der Waals surface area (Å²) in [5, 5.41) is 14.0. The fraction of sp³-hybridized carbons (Fsp3) is 0.211. The van der Waals surface area contributed by atoms with E-state index in [1.165, 1.54) is 25.3 Å². The van der Waals surface area contributed by atoms with E-state index in [9.17, 15) is 17.2 Å². The van der Waals surface area contributed by atoms with Crippen molar-refractivity contribution in [2.75, 3.05) is 31.7 Å². The van der Waals surface area contributed by atoms with Gasteiger partial charge in [0.1, 0.15) is 0 Å². The van der Waals surface area contributed by atoms with Gasteiger partial charge in [0, 0.05) is 30.4 Å². The number of halogens is 2. The van der Waals surface area contributed by atoms with E-state index in [4.69, 9.17) is 5.41 Å². The molecular formula is C19H22F2N4O2S. The second-order valence-electron chi connectivity index (χ2n) is 5.85.